The fourth-order valence-electron chi connectivity index (χ4n) is 2.16. The Labute approximate surface area is 140 Å². The number of rotatable bonds is 11. The normalized spacial score (nSPS) is 11.5. The summed E-state index contributed by atoms with van der Waals surface area (Å²) in [7, 11) is 0. The molecular formula is C20H28O3. The molecule has 0 amide bonds. The van der Waals surface area contributed by atoms with E-state index in [9.17, 15) is 4.79 Å². The van der Waals surface area contributed by atoms with Crippen molar-refractivity contribution in [2.45, 2.75) is 52.6 Å². The molecule has 0 aliphatic heterocycles. The lowest BCUT2D eigenvalue weighted by Crippen LogP contribution is -2.15. The molecule has 1 aromatic rings. The van der Waals surface area contributed by atoms with Crippen molar-refractivity contribution in [2.24, 2.45) is 0 Å². The highest BCUT2D eigenvalue weighted by atomic mass is 16.5. The van der Waals surface area contributed by atoms with Gasteiger partial charge < -0.3 is 9.47 Å². The molecule has 23 heavy (non-hydrogen) atoms. The highest BCUT2D eigenvalue weighted by molar-refractivity contribution is 5.76. The molecule has 0 aliphatic carbocycles. The molecule has 1 aromatic carbocycles. The van der Waals surface area contributed by atoms with Gasteiger partial charge in [0.05, 0.1) is 6.61 Å². The predicted octanol–water partition coefficient (Wildman–Crippen LogP) is 5.36. The number of hydrogen-bond acceptors (Lipinski definition) is 3. The van der Waals surface area contributed by atoms with Crippen LogP contribution in [0.3, 0.4) is 0 Å². The molecule has 0 atom stereocenters. The first kappa shape index (κ1) is 19.0. The van der Waals surface area contributed by atoms with Crippen LogP contribution in [0.2, 0.25) is 0 Å². The quantitative estimate of drug-likeness (QED) is 0.407. The van der Waals surface area contributed by atoms with Gasteiger partial charge in [-0.25, -0.2) is 0 Å². The summed E-state index contributed by atoms with van der Waals surface area (Å²) in [5.41, 5.74) is 0.592. The van der Waals surface area contributed by atoms with E-state index in [-0.39, 0.29) is 6.10 Å². The topological polar surface area (TPSA) is 35.5 Å². The van der Waals surface area contributed by atoms with E-state index in [0.717, 1.165) is 32.0 Å². The van der Waals surface area contributed by atoms with Gasteiger partial charge in [0.2, 0.25) is 0 Å². The molecular weight excluding hydrogens is 288 g/mol. The van der Waals surface area contributed by atoms with Crippen molar-refractivity contribution >= 4 is 6.29 Å². The molecule has 0 unspecified atom stereocenters. The van der Waals surface area contributed by atoms with Crippen molar-refractivity contribution in [3.63, 3.8) is 0 Å². The Kier molecular flexibility index (Phi) is 9.53. The van der Waals surface area contributed by atoms with Crippen LogP contribution in [0.25, 0.3) is 0 Å². The summed E-state index contributed by atoms with van der Waals surface area (Å²) in [4.78, 5) is 10.9. The van der Waals surface area contributed by atoms with E-state index in [1.807, 2.05) is 13.0 Å². The van der Waals surface area contributed by atoms with Crippen LogP contribution in [0.1, 0.15) is 56.8 Å². The van der Waals surface area contributed by atoms with Crippen molar-refractivity contribution in [2.75, 3.05) is 6.61 Å². The zero-order valence-corrected chi connectivity index (χ0v) is 14.5. The summed E-state index contributed by atoms with van der Waals surface area (Å²) >= 11 is 0. The van der Waals surface area contributed by atoms with Gasteiger partial charge in [-0.1, -0.05) is 38.2 Å². The van der Waals surface area contributed by atoms with Crippen molar-refractivity contribution in [3.05, 3.63) is 48.1 Å². The Morgan fingerprint density at radius 2 is 1.61 bits per heavy atom. The molecule has 3 nitrogen and oxygen atoms in total. The zero-order valence-electron chi connectivity index (χ0n) is 14.5. The average molecular weight is 316 g/mol. The summed E-state index contributed by atoms with van der Waals surface area (Å²) in [6.45, 7) is 6.70. The lowest BCUT2D eigenvalue weighted by molar-refractivity contribution is 0.112. The van der Waals surface area contributed by atoms with E-state index in [4.69, 9.17) is 9.47 Å². The molecule has 0 radical (unpaired) electrons. The third-order valence-electron chi connectivity index (χ3n) is 3.30. The van der Waals surface area contributed by atoms with E-state index in [2.05, 4.69) is 38.2 Å². The number of aldehydes is 1. The van der Waals surface area contributed by atoms with E-state index in [0.29, 0.717) is 23.7 Å². The Morgan fingerprint density at radius 3 is 2.13 bits per heavy atom. The van der Waals surface area contributed by atoms with Gasteiger partial charge in [-0.2, -0.15) is 0 Å². The molecule has 0 spiro atoms. The number of allylic oxidation sites excluding steroid dienone is 2. The molecule has 1 rings (SSSR count). The number of carbonyl (C=O) groups excluding carboxylic acids is 1. The fourth-order valence-corrected chi connectivity index (χ4v) is 2.16. The molecule has 0 saturated heterocycles. The molecule has 0 fully saturated rings. The SMILES string of the molecule is CC/C=C\CC(C/C=C\CC)Oc1ccc(C=O)cc1OCC. The standard InChI is InChI=1S/C20H28O3/c1-4-7-9-11-18(12-10-8-5-2)23-19-14-13-17(16-21)15-20(19)22-6-3/h7-10,13-16,18H,4-6,11-12H2,1-3H3/b9-7-,10-8-. The van der Waals surface area contributed by atoms with Crippen molar-refractivity contribution in [3.8, 4) is 11.5 Å². The van der Waals surface area contributed by atoms with Crippen molar-refractivity contribution in [1.82, 2.24) is 0 Å². The second kappa shape index (κ2) is 11.5. The van der Waals surface area contributed by atoms with E-state index in [1.165, 1.54) is 0 Å². The summed E-state index contributed by atoms with van der Waals surface area (Å²) in [6.07, 6.45) is 13.2. The van der Waals surface area contributed by atoms with Gasteiger partial charge in [-0.15, -0.1) is 0 Å². The highest BCUT2D eigenvalue weighted by Gasteiger charge is 2.12. The molecule has 126 valence electrons. The molecule has 0 aliphatic rings. The molecule has 0 saturated carbocycles. The van der Waals surface area contributed by atoms with Crippen LogP contribution in [-0.4, -0.2) is 19.0 Å². The Balaban J connectivity index is 2.88. The van der Waals surface area contributed by atoms with E-state index >= 15 is 0 Å². The Morgan fingerprint density at radius 1 is 0.957 bits per heavy atom. The lowest BCUT2D eigenvalue weighted by Gasteiger charge is -2.19. The van der Waals surface area contributed by atoms with Crippen LogP contribution < -0.4 is 9.47 Å². The van der Waals surface area contributed by atoms with Gasteiger partial charge >= 0.3 is 0 Å². The van der Waals surface area contributed by atoms with Crippen LogP contribution in [0, 0.1) is 0 Å². The van der Waals surface area contributed by atoms with Gasteiger partial charge in [-0.05, 0) is 38.0 Å². The first-order chi connectivity index (χ1) is 11.2. The first-order valence-electron chi connectivity index (χ1n) is 8.43. The number of carbonyl (C=O) groups is 1. The number of benzene rings is 1. The first-order valence-corrected chi connectivity index (χ1v) is 8.43. The van der Waals surface area contributed by atoms with E-state index in [1.54, 1.807) is 12.1 Å². The van der Waals surface area contributed by atoms with Crippen LogP contribution >= 0.6 is 0 Å². The smallest absolute Gasteiger partial charge is 0.161 e. The summed E-state index contributed by atoms with van der Waals surface area (Å²) in [6, 6.07) is 5.30. The fraction of sp³-hybridized carbons (Fsp3) is 0.450. The van der Waals surface area contributed by atoms with Gasteiger partial charge in [-0.3, -0.25) is 4.79 Å². The average Bonchev–Trinajstić information content (AvgIpc) is 2.56. The maximum Gasteiger partial charge on any atom is 0.161 e. The van der Waals surface area contributed by atoms with Crippen LogP contribution in [0.5, 0.6) is 11.5 Å². The Bertz CT molecular complexity index is 502. The van der Waals surface area contributed by atoms with Crippen molar-refractivity contribution in [1.29, 1.82) is 0 Å². The Hall–Kier alpha value is -2.03. The number of ether oxygens (including phenoxy) is 2. The van der Waals surface area contributed by atoms with Crippen LogP contribution in [0.15, 0.2) is 42.5 Å². The zero-order chi connectivity index (χ0) is 16.9. The van der Waals surface area contributed by atoms with Gasteiger partial charge in [0.15, 0.2) is 11.5 Å². The van der Waals surface area contributed by atoms with Crippen LogP contribution in [-0.2, 0) is 0 Å². The largest absolute Gasteiger partial charge is 0.490 e. The maximum absolute atomic E-state index is 10.9. The number of hydrogen-bond donors (Lipinski definition) is 0. The minimum absolute atomic E-state index is 0.0573. The lowest BCUT2D eigenvalue weighted by atomic mass is 10.1. The molecule has 0 aromatic heterocycles. The van der Waals surface area contributed by atoms with Gasteiger partial charge in [0.25, 0.3) is 0 Å². The van der Waals surface area contributed by atoms with Gasteiger partial charge in [0, 0.05) is 18.4 Å². The maximum atomic E-state index is 10.9. The second-order valence-electron chi connectivity index (χ2n) is 5.23. The molecule has 0 N–H and O–H groups in total. The minimum atomic E-state index is 0.0573. The third kappa shape index (κ3) is 7.18. The molecule has 0 bridgehead atoms. The monoisotopic (exact) mass is 316 g/mol. The van der Waals surface area contributed by atoms with Crippen LogP contribution in [0.4, 0.5) is 0 Å². The van der Waals surface area contributed by atoms with Crippen molar-refractivity contribution < 1.29 is 14.3 Å². The molecule has 0 heterocycles. The van der Waals surface area contributed by atoms with E-state index < -0.39 is 0 Å². The molecule has 3 heteroatoms. The summed E-state index contributed by atoms with van der Waals surface area (Å²) in [5, 5.41) is 0. The third-order valence-corrected chi connectivity index (χ3v) is 3.30. The summed E-state index contributed by atoms with van der Waals surface area (Å²) < 4.78 is 11.8. The summed E-state index contributed by atoms with van der Waals surface area (Å²) in [5.74, 6) is 1.32. The van der Waals surface area contributed by atoms with Gasteiger partial charge in [0.1, 0.15) is 12.4 Å². The second-order valence-corrected chi connectivity index (χ2v) is 5.23. The minimum Gasteiger partial charge on any atom is -0.490 e. The predicted molar refractivity (Wildman–Crippen MR) is 95.5 cm³/mol. The highest BCUT2D eigenvalue weighted by Crippen LogP contribution is 2.30.